The zero-order valence-corrected chi connectivity index (χ0v) is 15.5. The predicted octanol–water partition coefficient (Wildman–Crippen LogP) is 4.52. The summed E-state index contributed by atoms with van der Waals surface area (Å²) in [5.41, 5.74) is -0.0525. The van der Waals surface area contributed by atoms with Crippen LogP contribution < -0.4 is 5.32 Å². The van der Waals surface area contributed by atoms with Gasteiger partial charge in [-0.3, -0.25) is 0 Å². The van der Waals surface area contributed by atoms with Crippen molar-refractivity contribution in [3.05, 3.63) is 45.9 Å². The highest BCUT2D eigenvalue weighted by Gasteiger charge is 2.35. The molecule has 1 fully saturated rings. The lowest BCUT2D eigenvalue weighted by atomic mass is 9.98. The number of hydrogen-bond acceptors (Lipinski definition) is 4. The van der Waals surface area contributed by atoms with Gasteiger partial charge < -0.3 is 15.3 Å². The topological polar surface area (TPSA) is 65.5 Å². The number of alkyl halides is 3. The second-order valence-electron chi connectivity index (χ2n) is 6.60. The maximum absolute atomic E-state index is 12.7. The van der Waals surface area contributed by atoms with E-state index in [9.17, 15) is 23.1 Å². The number of phenols is 1. The molecular weight excluding hydrogens is 379 g/mol. The fourth-order valence-electron chi connectivity index (χ4n) is 3.09. The Bertz CT molecular complexity index is 801. The van der Waals surface area contributed by atoms with Crippen LogP contribution in [-0.2, 0) is 6.18 Å². The zero-order valence-electron chi connectivity index (χ0n) is 14.7. The molecule has 2 N–H and O–H groups in total. The number of hydrogen-bond donors (Lipinski definition) is 2. The minimum absolute atomic E-state index is 0.0568. The average Bonchev–Trinajstić information content (AvgIpc) is 3.12. The van der Waals surface area contributed by atoms with Crippen LogP contribution in [0.2, 0.25) is 0 Å². The number of amides is 2. The highest BCUT2D eigenvalue weighted by molar-refractivity contribution is 7.09. The molecule has 5 nitrogen and oxygen atoms in total. The van der Waals surface area contributed by atoms with Crippen LogP contribution in [-0.4, -0.2) is 34.1 Å². The summed E-state index contributed by atoms with van der Waals surface area (Å²) in [7, 11) is 0. The van der Waals surface area contributed by atoms with Crippen molar-refractivity contribution >= 4 is 17.4 Å². The van der Waals surface area contributed by atoms with Gasteiger partial charge in [-0.1, -0.05) is 12.1 Å². The third-order valence-electron chi connectivity index (χ3n) is 4.65. The lowest BCUT2D eigenvalue weighted by Gasteiger charge is -2.32. The van der Waals surface area contributed by atoms with Gasteiger partial charge in [-0.2, -0.15) is 13.2 Å². The molecule has 2 aromatic rings. The van der Waals surface area contributed by atoms with Crippen LogP contribution in [0.4, 0.5) is 18.0 Å². The van der Waals surface area contributed by atoms with Crippen LogP contribution in [0.5, 0.6) is 5.75 Å². The van der Waals surface area contributed by atoms with Gasteiger partial charge in [0.15, 0.2) is 5.69 Å². The molecule has 3 rings (SSSR count). The van der Waals surface area contributed by atoms with Gasteiger partial charge >= 0.3 is 12.2 Å². The number of benzene rings is 1. The Morgan fingerprint density at radius 1 is 1.37 bits per heavy atom. The van der Waals surface area contributed by atoms with Crippen molar-refractivity contribution in [1.82, 2.24) is 15.2 Å². The van der Waals surface area contributed by atoms with Crippen molar-refractivity contribution in [2.45, 2.75) is 37.9 Å². The Balaban J connectivity index is 1.54. The molecule has 1 aliphatic heterocycles. The van der Waals surface area contributed by atoms with E-state index in [1.165, 1.54) is 0 Å². The van der Waals surface area contributed by atoms with Crippen LogP contribution >= 0.6 is 11.3 Å². The molecule has 0 radical (unpaired) electrons. The summed E-state index contributed by atoms with van der Waals surface area (Å²) in [4.78, 5) is 17.8. The fourth-order valence-corrected chi connectivity index (χ4v) is 4.09. The van der Waals surface area contributed by atoms with E-state index in [1.807, 2.05) is 13.0 Å². The van der Waals surface area contributed by atoms with E-state index in [4.69, 9.17) is 0 Å². The highest BCUT2D eigenvalue weighted by atomic mass is 32.1. The standard InChI is InChI=1S/C18H20F3N3O2S/c1-11(13-3-2-4-14(25)9-13)22-17(26)24-7-5-12(6-8-24)16-23-15(10-27-16)18(19,20)21/h2-4,9-12,25H,5-8H2,1H3,(H,22,26)/t11-/m0/s1. The SMILES string of the molecule is C[C@H](NC(=O)N1CCC(c2nc(C(F)(F)F)cs2)CC1)c1cccc(O)c1. The second-order valence-corrected chi connectivity index (χ2v) is 7.49. The largest absolute Gasteiger partial charge is 0.508 e. The monoisotopic (exact) mass is 399 g/mol. The molecule has 1 aliphatic rings. The molecule has 1 saturated heterocycles. The Morgan fingerprint density at radius 3 is 2.67 bits per heavy atom. The highest BCUT2D eigenvalue weighted by Crippen LogP contribution is 2.35. The van der Waals surface area contributed by atoms with Gasteiger partial charge in [-0.15, -0.1) is 11.3 Å². The Hall–Kier alpha value is -2.29. The van der Waals surface area contributed by atoms with Crippen molar-refractivity contribution < 1.29 is 23.1 Å². The third-order valence-corrected chi connectivity index (χ3v) is 5.66. The number of aromatic nitrogens is 1. The molecule has 2 heterocycles. The normalized spacial score (nSPS) is 17.0. The van der Waals surface area contributed by atoms with Crippen LogP contribution in [0, 0.1) is 0 Å². The number of urea groups is 1. The number of halogens is 3. The van der Waals surface area contributed by atoms with E-state index in [0.717, 1.165) is 22.3 Å². The quantitative estimate of drug-likeness (QED) is 0.798. The van der Waals surface area contributed by atoms with Crippen LogP contribution in [0.3, 0.4) is 0 Å². The number of aromatic hydroxyl groups is 1. The minimum atomic E-state index is -4.42. The molecule has 0 saturated carbocycles. The first-order valence-electron chi connectivity index (χ1n) is 8.61. The summed E-state index contributed by atoms with van der Waals surface area (Å²) in [5.74, 6) is 0.0785. The Morgan fingerprint density at radius 2 is 2.07 bits per heavy atom. The lowest BCUT2D eigenvalue weighted by molar-refractivity contribution is -0.140. The van der Waals surface area contributed by atoms with Crippen LogP contribution in [0.25, 0.3) is 0 Å². The van der Waals surface area contributed by atoms with E-state index >= 15 is 0 Å². The number of phenolic OH excluding ortho intramolecular Hbond substituents is 1. The molecule has 1 atom stereocenters. The number of likely N-dealkylation sites (tertiary alicyclic amines) is 1. The van der Waals surface area contributed by atoms with Crippen LogP contribution in [0.15, 0.2) is 29.6 Å². The first kappa shape index (κ1) is 19.5. The number of carbonyl (C=O) groups is 1. The number of carbonyl (C=O) groups excluding carboxylic acids is 1. The molecule has 0 unspecified atom stereocenters. The smallest absolute Gasteiger partial charge is 0.434 e. The number of thiazole rings is 1. The number of nitrogens with zero attached hydrogens (tertiary/aromatic N) is 2. The first-order chi connectivity index (χ1) is 12.7. The molecular formula is C18H20F3N3O2S. The average molecular weight is 399 g/mol. The lowest BCUT2D eigenvalue weighted by Crippen LogP contribution is -2.44. The molecule has 27 heavy (non-hydrogen) atoms. The predicted molar refractivity (Wildman–Crippen MR) is 95.7 cm³/mol. The number of rotatable bonds is 3. The van der Waals surface area contributed by atoms with E-state index in [1.54, 1.807) is 23.1 Å². The zero-order chi connectivity index (χ0) is 19.6. The summed E-state index contributed by atoms with van der Waals surface area (Å²) in [6.07, 6.45) is -3.26. The van der Waals surface area contributed by atoms with Crippen LogP contribution in [0.1, 0.15) is 48.0 Å². The van der Waals surface area contributed by atoms with Gasteiger partial charge in [0.25, 0.3) is 0 Å². The van der Waals surface area contributed by atoms with Crippen molar-refractivity contribution in [3.8, 4) is 5.75 Å². The van der Waals surface area contributed by atoms with Crippen molar-refractivity contribution in [2.75, 3.05) is 13.1 Å². The molecule has 9 heteroatoms. The first-order valence-corrected chi connectivity index (χ1v) is 9.49. The summed E-state index contributed by atoms with van der Waals surface area (Å²) in [6.45, 7) is 2.75. The Labute approximate surface area is 158 Å². The minimum Gasteiger partial charge on any atom is -0.508 e. The van der Waals surface area contributed by atoms with Gasteiger partial charge in [-0.05, 0) is 37.5 Å². The fraction of sp³-hybridized carbons (Fsp3) is 0.444. The molecule has 1 aromatic carbocycles. The summed E-state index contributed by atoms with van der Waals surface area (Å²) >= 11 is 1.03. The molecule has 0 bridgehead atoms. The summed E-state index contributed by atoms with van der Waals surface area (Å²) < 4.78 is 38.1. The number of piperidine rings is 1. The molecule has 0 spiro atoms. The maximum atomic E-state index is 12.7. The van der Waals surface area contributed by atoms with Crippen molar-refractivity contribution in [1.29, 1.82) is 0 Å². The van der Waals surface area contributed by atoms with Gasteiger partial charge in [0.2, 0.25) is 0 Å². The molecule has 0 aliphatic carbocycles. The van der Waals surface area contributed by atoms with Crippen molar-refractivity contribution in [3.63, 3.8) is 0 Å². The maximum Gasteiger partial charge on any atom is 0.434 e. The van der Waals surface area contributed by atoms with Gasteiger partial charge in [-0.25, -0.2) is 9.78 Å². The summed E-state index contributed by atoms with van der Waals surface area (Å²) in [6, 6.07) is 6.19. The van der Waals surface area contributed by atoms with Gasteiger partial charge in [0, 0.05) is 24.4 Å². The molecule has 1 aromatic heterocycles. The van der Waals surface area contributed by atoms with E-state index in [0.29, 0.717) is 30.9 Å². The number of nitrogens with one attached hydrogen (secondary N) is 1. The summed E-state index contributed by atoms with van der Waals surface area (Å²) in [5, 5.41) is 14.0. The van der Waals surface area contributed by atoms with E-state index < -0.39 is 11.9 Å². The van der Waals surface area contributed by atoms with Crippen molar-refractivity contribution in [2.24, 2.45) is 0 Å². The van der Waals surface area contributed by atoms with E-state index in [2.05, 4.69) is 10.3 Å². The molecule has 146 valence electrons. The second kappa shape index (κ2) is 7.75. The van der Waals surface area contributed by atoms with Gasteiger partial charge in [0.1, 0.15) is 5.75 Å². The Kier molecular flexibility index (Phi) is 5.59. The third kappa shape index (κ3) is 4.71. The van der Waals surface area contributed by atoms with Gasteiger partial charge in [0.05, 0.1) is 11.0 Å². The molecule has 2 amide bonds. The van der Waals surface area contributed by atoms with E-state index in [-0.39, 0.29) is 23.7 Å².